The maximum atomic E-state index is 13.3. The summed E-state index contributed by atoms with van der Waals surface area (Å²) in [6.07, 6.45) is 2.43. The summed E-state index contributed by atoms with van der Waals surface area (Å²) in [7, 11) is 0. The maximum absolute atomic E-state index is 13.3. The van der Waals surface area contributed by atoms with E-state index in [2.05, 4.69) is 26.2 Å². The van der Waals surface area contributed by atoms with Gasteiger partial charge in [0.05, 0.1) is 11.6 Å². The summed E-state index contributed by atoms with van der Waals surface area (Å²) in [6.45, 7) is 4.08. The molecular weight excluding hydrogens is 408 g/mol. The number of aromatic amines is 1. The maximum Gasteiger partial charge on any atom is 0.254 e. The zero-order valence-corrected chi connectivity index (χ0v) is 18.0. The molecule has 2 heterocycles. The van der Waals surface area contributed by atoms with Gasteiger partial charge in [0.25, 0.3) is 5.91 Å². The van der Waals surface area contributed by atoms with Gasteiger partial charge >= 0.3 is 0 Å². The molecule has 8 heteroatoms. The SMILES string of the molecule is N#Cc1ccc(CN2CCCN(C(=O)c3ccccc3CSc3ncn[nH]3)CC2)cc1. The molecule has 1 aromatic heterocycles. The second-order valence-electron chi connectivity index (χ2n) is 7.47. The Bertz CT molecular complexity index is 1040. The fourth-order valence-corrected chi connectivity index (χ4v) is 4.49. The van der Waals surface area contributed by atoms with Gasteiger partial charge in [-0.3, -0.25) is 14.8 Å². The molecule has 1 fully saturated rings. The number of benzene rings is 2. The van der Waals surface area contributed by atoms with E-state index in [1.807, 2.05) is 53.4 Å². The summed E-state index contributed by atoms with van der Waals surface area (Å²) in [5.74, 6) is 0.754. The number of thioether (sulfide) groups is 1. The molecule has 1 N–H and O–H groups in total. The highest BCUT2D eigenvalue weighted by molar-refractivity contribution is 7.98. The highest BCUT2D eigenvalue weighted by atomic mass is 32.2. The van der Waals surface area contributed by atoms with Crippen LogP contribution in [0.5, 0.6) is 0 Å². The van der Waals surface area contributed by atoms with Crippen LogP contribution in [0, 0.1) is 11.3 Å². The van der Waals surface area contributed by atoms with Crippen molar-refractivity contribution < 1.29 is 4.79 Å². The standard InChI is InChI=1S/C23H24N6OS/c24-14-18-6-8-19(9-7-18)15-28-10-3-11-29(13-12-28)22(30)21-5-2-1-4-20(21)16-31-23-25-17-26-27-23/h1-2,4-9,17H,3,10-13,15-16H2,(H,25,26,27). The van der Waals surface area contributed by atoms with Crippen LogP contribution in [0.4, 0.5) is 0 Å². The van der Waals surface area contributed by atoms with Gasteiger partial charge in [0.1, 0.15) is 6.33 Å². The van der Waals surface area contributed by atoms with E-state index in [1.165, 1.54) is 23.7 Å². The van der Waals surface area contributed by atoms with Gasteiger partial charge < -0.3 is 4.90 Å². The summed E-state index contributed by atoms with van der Waals surface area (Å²) < 4.78 is 0. The number of nitrogens with zero attached hydrogens (tertiary/aromatic N) is 5. The van der Waals surface area contributed by atoms with Crippen LogP contribution in [0.3, 0.4) is 0 Å². The van der Waals surface area contributed by atoms with Crippen molar-refractivity contribution in [3.05, 3.63) is 77.1 Å². The number of aromatic nitrogens is 3. The second-order valence-corrected chi connectivity index (χ2v) is 8.43. The van der Waals surface area contributed by atoms with Crippen molar-refractivity contribution in [2.24, 2.45) is 0 Å². The Morgan fingerprint density at radius 2 is 1.94 bits per heavy atom. The number of nitrogens with one attached hydrogen (secondary N) is 1. The minimum Gasteiger partial charge on any atom is -0.337 e. The number of nitriles is 1. The van der Waals surface area contributed by atoms with E-state index < -0.39 is 0 Å². The molecule has 0 unspecified atom stereocenters. The van der Waals surface area contributed by atoms with Gasteiger partial charge in [-0.15, -0.1) is 0 Å². The van der Waals surface area contributed by atoms with Gasteiger partial charge in [-0.05, 0) is 35.7 Å². The molecular formula is C23H24N6OS. The minimum atomic E-state index is 0.0917. The van der Waals surface area contributed by atoms with E-state index in [4.69, 9.17) is 5.26 Å². The lowest BCUT2D eigenvalue weighted by molar-refractivity contribution is 0.0760. The van der Waals surface area contributed by atoms with E-state index in [9.17, 15) is 4.79 Å². The molecule has 1 aliphatic heterocycles. The van der Waals surface area contributed by atoms with Crippen LogP contribution in [-0.4, -0.2) is 57.1 Å². The lowest BCUT2D eigenvalue weighted by Gasteiger charge is -2.23. The topological polar surface area (TPSA) is 88.9 Å². The van der Waals surface area contributed by atoms with Gasteiger partial charge in [-0.1, -0.05) is 42.1 Å². The third-order valence-corrected chi connectivity index (χ3v) is 6.30. The molecule has 1 amide bonds. The van der Waals surface area contributed by atoms with Gasteiger partial charge in [-0.25, -0.2) is 4.98 Å². The van der Waals surface area contributed by atoms with Gasteiger partial charge in [-0.2, -0.15) is 10.4 Å². The first kappa shape index (κ1) is 21.1. The first-order valence-electron chi connectivity index (χ1n) is 10.3. The predicted molar refractivity (Wildman–Crippen MR) is 119 cm³/mol. The van der Waals surface area contributed by atoms with Crippen LogP contribution >= 0.6 is 11.8 Å². The van der Waals surface area contributed by atoms with E-state index in [1.54, 1.807) is 0 Å². The average Bonchev–Trinajstić information content (AvgIpc) is 3.23. The van der Waals surface area contributed by atoms with Gasteiger partial charge in [0.15, 0.2) is 5.16 Å². The van der Waals surface area contributed by atoms with Crippen LogP contribution < -0.4 is 0 Å². The van der Waals surface area contributed by atoms with Crippen molar-refractivity contribution in [2.45, 2.75) is 23.9 Å². The lowest BCUT2D eigenvalue weighted by Crippen LogP contribution is -2.35. The van der Waals surface area contributed by atoms with E-state index in [-0.39, 0.29) is 5.91 Å². The molecule has 1 saturated heterocycles. The predicted octanol–water partition coefficient (Wildman–Crippen LogP) is 3.32. The minimum absolute atomic E-state index is 0.0917. The molecule has 0 spiro atoms. The van der Waals surface area contributed by atoms with Crippen molar-refractivity contribution in [1.29, 1.82) is 5.26 Å². The van der Waals surface area contributed by atoms with Crippen molar-refractivity contribution in [2.75, 3.05) is 26.2 Å². The highest BCUT2D eigenvalue weighted by Crippen LogP contribution is 2.22. The van der Waals surface area contributed by atoms with E-state index in [0.29, 0.717) is 17.9 Å². The van der Waals surface area contributed by atoms with Gasteiger partial charge in [0, 0.05) is 44.0 Å². The highest BCUT2D eigenvalue weighted by Gasteiger charge is 2.22. The van der Waals surface area contributed by atoms with E-state index in [0.717, 1.165) is 48.9 Å². The first-order valence-corrected chi connectivity index (χ1v) is 11.3. The number of carbonyl (C=O) groups is 1. The smallest absolute Gasteiger partial charge is 0.254 e. The van der Waals surface area contributed by atoms with E-state index >= 15 is 0 Å². The molecule has 7 nitrogen and oxygen atoms in total. The zero-order chi connectivity index (χ0) is 21.5. The van der Waals surface area contributed by atoms with Crippen LogP contribution in [0.1, 0.15) is 33.5 Å². The molecule has 0 radical (unpaired) electrons. The molecule has 158 valence electrons. The van der Waals surface area contributed by atoms with Crippen LogP contribution in [0.2, 0.25) is 0 Å². The zero-order valence-electron chi connectivity index (χ0n) is 17.2. The van der Waals surface area contributed by atoms with Crippen molar-refractivity contribution >= 4 is 17.7 Å². The molecule has 31 heavy (non-hydrogen) atoms. The summed E-state index contributed by atoms with van der Waals surface area (Å²) in [6, 6.07) is 17.7. The number of H-pyrrole nitrogens is 1. The van der Waals surface area contributed by atoms with Crippen LogP contribution in [0.15, 0.2) is 60.0 Å². The quantitative estimate of drug-likeness (QED) is 0.601. The molecule has 4 rings (SSSR count). The van der Waals surface area contributed by atoms with Crippen LogP contribution in [-0.2, 0) is 12.3 Å². The number of amides is 1. The molecule has 0 saturated carbocycles. The summed E-state index contributed by atoms with van der Waals surface area (Å²) >= 11 is 1.54. The third kappa shape index (κ3) is 5.51. The van der Waals surface area contributed by atoms with Crippen molar-refractivity contribution in [3.63, 3.8) is 0 Å². The molecule has 1 aliphatic rings. The fraction of sp³-hybridized carbons (Fsp3) is 0.304. The molecule has 2 aromatic carbocycles. The van der Waals surface area contributed by atoms with Crippen molar-refractivity contribution in [3.8, 4) is 6.07 Å². The summed E-state index contributed by atoms with van der Waals surface area (Å²) in [5.41, 5.74) is 3.63. The monoisotopic (exact) mass is 432 g/mol. The molecule has 3 aromatic rings. The normalized spacial score (nSPS) is 14.7. The number of rotatable bonds is 6. The lowest BCUT2D eigenvalue weighted by atomic mass is 10.1. The second kappa shape index (κ2) is 10.2. The van der Waals surface area contributed by atoms with Gasteiger partial charge in [0.2, 0.25) is 0 Å². The largest absolute Gasteiger partial charge is 0.337 e. The van der Waals surface area contributed by atoms with Crippen LogP contribution in [0.25, 0.3) is 0 Å². The summed E-state index contributed by atoms with van der Waals surface area (Å²) in [5, 5.41) is 16.4. The average molecular weight is 433 g/mol. The third-order valence-electron chi connectivity index (χ3n) is 5.37. The number of hydrogen-bond acceptors (Lipinski definition) is 6. The Hall–Kier alpha value is -3.15. The molecule has 0 aliphatic carbocycles. The fourth-order valence-electron chi connectivity index (χ4n) is 3.71. The Morgan fingerprint density at radius 1 is 1.10 bits per heavy atom. The Balaban J connectivity index is 1.37. The Morgan fingerprint density at radius 3 is 2.71 bits per heavy atom. The Labute approximate surface area is 186 Å². The number of hydrogen-bond donors (Lipinski definition) is 1. The van der Waals surface area contributed by atoms with Crippen molar-refractivity contribution in [1.82, 2.24) is 25.0 Å². The first-order chi connectivity index (χ1) is 15.2. The summed E-state index contributed by atoms with van der Waals surface area (Å²) in [4.78, 5) is 21.8. The number of carbonyl (C=O) groups excluding carboxylic acids is 1. The Kier molecular flexibility index (Phi) is 6.97. The molecule has 0 bridgehead atoms. The molecule has 0 atom stereocenters.